The molecule has 0 fully saturated rings. The van der Waals surface area contributed by atoms with Crippen molar-refractivity contribution in [2.24, 2.45) is 5.92 Å². The molecule has 0 aromatic rings. The highest BCUT2D eigenvalue weighted by molar-refractivity contribution is 4.76. The third-order valence-corrected chi connectivity index (χ3v) is 2.08. The van der Waals surface area contributed by atoms with Crippen molar-refractivity contribution >= 4 is 0 Å². The zero-order chi connectivity index (χ0) is 13.1. The molecule has 0 amide bonds. The van der Waals surface area contributed by atoms with Crippen molar-refractivity contribution in [3.8, 4) is 0 Å². The van der Waals surface area contributed by atoms with E-state index in [1.807, 2.05) is 0 Å². The summed E-state index contributed by atoms with van der Waals surface area (Å²) < 4.78 is 16.6. The van der Waals surface area contributed by atoms with Crippen LogP contribution in [0.3, 0.4) is 0 Å². The zero-order valence-corrected chi connectivity index (χ0v) is 10.4. The number of hydrogen-bond acceptors (Lipinski definition) is 4. The molecule has 4 heteroatoms. The fraction of sp³-hybridized carbons (Fsp3) is 0.538. The molecule has 0 aliphatic rings. The van der Waals surface area contributed by atoms with E-state index in [9.17, 15) is 5.11 Å². The van der Waals surface area contributed by atoms with Gasteiger partial charge < -0.3 is 19.3 Å². The van der Waals surface area contributed by atoms with Crippen molar-refractivity contribution in [3.05, 3.63) is 38.0 Å². The Morgan fingerprint density at radius 1 is 1.00 bits per heavy atom. The Labute approximate surface area is 103 Å². The molecule has 1 unspecified atom stereocenters. The van der Waals surface area contributed by atoms with E-state index >= 15 is 0 Å². The standard InChI is InChI=1S/C13H22O4/c1-5-8-15-13(12(4)11-14,16-9-6-2)17-10-7-3/h5-7,12,14H,1-3,8-11H2,4H3. The van der Waals surface area contributed by atoms with E-state index in [4.69, 9.17) is 14.2 Å². The average molecular weight is 242 g/mol. The molecular weight excluding hydrogens is 220 g/mol. The smallest absolute Gasteiger partial charge is 0.288 e. The Hall–Kier alpha value is -0.940. The molecule has 0 rings (SSSR count). The highest BCUT2D eigenvalue weighted by atomic mass is 16.9. The molecule has 0 saturated heterocycles. The van der Waals surface area contributed by atoms with Crippen molar-refractivity contribution in [2.45, 2.75) is 12.9 Å². The maximum absolute atomic E-state index is 9.25. The molecular formula is C13H22O4. The van der Waals surface area contributed by atoms with Crippen LogP contribution in [0.4, 0.5) is 0 Å². The van der Waals surface area contributed by atoms with Crippen LogP contribution in [0.1, 0.15) is 6.92 Å². The molecule has 0 aliphatic carbocycles. The van der Waals surface area contributed by atoms with Gasteiger partial charge in [-0.05, 0) is 0 Å². The monoisotopic (exact) mass is 242 g/mol. The normalized spacial score (nSPS) is 13.1. The summed E-state index contributed by atoms with van der Waals surface area (Å²) in [6.45, 7) is 13.2. The summed E-state index contributed by atoms with van der Waals surface area (Å²) in [7, 11) is 0. The third kappa shape index (κ3) is 5.28. The number of ether oxygens (including phenoxy) is 3. The van der Waals surface area contributed by atoms with Crippen LogP contribution < -0.4 is 0 Å². The molecule has 0 aromatic carbocycles. The van der Waals surface area contributed by atoms with E-state index in [1.165, 1.54) is 0 Å². The molecule has 1 N–H and O–H groups in total. The summed E-state index contributed by atoms with van der Waals surface area (Å²) in [5.41, 5.74) is 0. The van der Waals surface area contributed by atoms with Gasteiger partial charge in [-0.1, -0.05) is 25.2 Å². The van der Waals surface area contributed by atoms with E-state index in [0.29, 0.717) is 0 Å². The van der Waals surface area contributed by atoms with Crippen molar-refractivity contribution in [1.29, 1.82) is 0 Å². The molecule has 1 atom stereocenters. The Morgan fingerprint density at radius 2 is 1.35 bits per heavy atom. The molecule has 0 aromatic heterocycles. The first-order valence-corrected chi connectivity index (χ1v) is 5.52. The number of aliphatic hydroxyl groups excluding tert-OH is 1. The van der Waals surface area contributed by atoms with E-state index in [1.54, 1.807) is 25.2 Å². The van der Waals surface area contributed by atoms with Crippen LogP contribution in [0, 0.1) is 5.92 Å². The maximum Gasteiger partial charge on any atom is 0.288 e. The predicted octanol–water partition coefficient (Wildman–Crippen LogP) is 1.88. The molecule has 0 spiro atoms. The second kappa shape index (κ2) is 9.13. The lowest BCUT2D eigenvalue weighted by molar-refractivity contribution is -0.396. The van der Waals surface area contributed by atoms with E-state index < -0.39 is 5.97 Å². The van der Waals surface area contributed by atoms with Gasteiger partial charge in [-0.2, -0.15) is 0 Å². The average Bonchev–Trinajstić information content (AvgIpc) is 2.37. The van der Waals surface area contributed by atoms with Gasteiger partial charge in [0, 0.05) is 0 Å². The van der Waals surface area contributed by atoms with Crippen LogP contribution in [-0.4, -0.2) is 37.5 Å². The van der Waals surface area contributed by atoms with Gasteiger partial charge in [0.1, 0.15) is 0 Å². The van der Waals surface area contributed by atoms with Crippen molar-refractivity contribution in [3.63, 3.8) is 0 Å². The first kappa shape index (κ1) is 16.1. The Balaban J connectivity index is 4.80. The highest BCUT2D eigenvalue weighted by Gasteiger charge is 2.39. The number of aliphatic hydroxyl groups is 1. The second-order valence-corrected chi connectivity index (χ2v) is 3.49. The maximum atomic E-state index is 9.25. The lowest BCUT2D eigenvalue weighted by atomic mass is 10.1. The Morgan fingerprint density at radius 3 is 1.59 bits per heavy atom. The predicted molar refractivity (Wildman–Crippen MR) is 67.4 cm³/mol. The summed E-state index contributed by atoms with van der Waals surface area (Å²) in [5, 5.41) is 9.25. The zero-order valence-electron chi connectivity index (χ0n) is 10.4. The molecule has 0 heterocycles. The molecule has 0 bridgehead atoms. The molecule has 0 aliphatic heterocycles. The Bertz CT molecular complexity index is 206. The fourth-order valence-electron chi connectivity index (χ4n) is 1.19. The van der Waals surface area contributed by atoms with Gasteiger partial charge in [0.25, 0.3) is 5.97 Å². The van der Waals surface area contributed by atoms with E-state index in [-0.39, 0.29) is 32.3 Å². The van der Waals surface area contributed by atoms with Crippen molar-refractivity contribution in [2.75, 3.05) is 26.4 Å². The molecule has 0 saturated carbocycles. The minimum Gasteiger partial charge on any atom is -0.396 e. The van der Waals surface area contributed by atoms with Gasteiger partial charge in [0.2, 0.25) is 0 Å². The quantitative estimate of drug-likeness (QED) is 0.444. The summed E-state index contributed by atoms with van der Waals surface area (Å²) in [4.78, 5) is 0. The summed E-state index contributed by atoms with van der Waals surface area (Å²) in [6, 6.07) is 0. The van der Waals surface area contributed by atoms with Crippen LogP contribution in [0.5, 0.6) is 0 Å². The lowest BCUT2D eigenvalue weighted by Gasteiger charge is -2.36. The number of rotatable bonds is 11. The first-order valence-electron chi connectivity index (χ1n) is 5.52. The van der Waals surface area contributed by atoms with Crippen LogP contribution in [0.25, 0.3) is 0 Å². The summed E-state index contributed by atoms with van der Waals surface area (Å²) >= 11 is 0. The second-order valence-electron chi connectivity index (χ2n) is 3.49. The van der Waals surface area contributed by atoms with Gasteiger partial charge in [0.05, 0.1) is 32.3 Å². The molecule has 0 radical (unpaired) electrons. The third-order valence-electron chi connectivity index (χ3n) is 2.08. The lowest BCUT2D eigenvalue weighted by Crippen LogP contribution is -2.47. The van der Waals surface area contributed by atoms with Crippen LogP contribution >= 0.6 is 0 Å². The van der Waals surface area contributed by atoms with Gasteiger partial charge in [-0.3, -0.25) is 0 Å². The van der Waals surface area contributed by atoms with Crippen LogP contribution in [0.2, 0.25) is 0 Å². The molecule has 17 heavy (non-hydrogen) atoms. The van der Waals surface area contributed by atoms with Crippen LogP contribution in [0.15, 0.2) is 38.0 Å². The Kier molecular flexibility index (Phi) is 8.62. The largest absolute Gasteiger partial charge is 0.396 e. The molecule has 4 nitrogen and oxygen atoms in total. The van der Waals surface area contributed by atoms with Gasteiger partial charge in [-0.15, -0.1) is 19.7 Å². The van der Waals surface area contributed by atoms with Crippen LogP contribution in [-0.2, 0) is 14.2 Å². The SMILES string of the molecule is C=CCOC(OCC=C)(OCC=C)C(C)CO. The van der Waals surface area contributed by atoms with E-state index in [0.717, 1.165) is 0 Å². The topological polar surface area (TPSA) is 47.9 Å². The van der Waals surface area contributed by atoms with Gasteiger partial charge in [-0.25, -0.2) is 0 Å². The van der Waals surface area contributed by atoms with E-state index in [2.05, 4.69) is 19.7 Å². The minimum absolute atomic E-state index is 0.120. The summed E-state index contributed by atoms with van der Waals surface area (Å²) in [6.07, 6.45) is 4.77. The van der Waals surface area contributed by atoms with Gasteiger partial charge >= 0.3 is 0 Å². The fourth-order valence-corrected chi connectivity index (χ4v) is 1.19. The van der Waals surface area contributed by atoms with Crippen molar-refractivity contribution in [1.82, 2.24) is 0 Å². The summed E-state index contributed by atoms with van der Waals surface area (Å²) in [5.74, 6) is -1.65. The molecule has 98 valence electrons. The van der Waals surface area contributed by atoms with Crippen molar-refractivity contribution < 1.29 is 19.3 Å². The van der Waals surface area contributed by atoms with Gasteiger partial charge in [0.15, 0.2) is 0 Å². The first-order chi connectivity index (χ1) is 8.16. The number of hydrogen-bond donors (Lipinski definition) is 1. The minimum atomic E-state index is -1.30. The highest BCUT2D eigenvalue weighted by Crippen LogP contribution is 2.25.